The van der Waals surface area contributed by atoms with Crippen LogP contribution in [0.2, 0.25) is 0 Å². The monoisotopic (exact) mass is 501 g/mol. The molecule has 3 unspecified atom stereocenters. The molecule has 1 aromatic heterocycles. The van der Waals surface area contributed by atoms with Crippen LogP contribution in [-0.4, -0.2) is 57.7 Å². The van der Waals surface area contributed by atoms with Crippen molar-refractivity contribution in [2.75, 3.05) is 25.0 Å². The first-order valence-corrected chi connectivity index (χ1v) is 13.2. The number of carbonyl (C=O) groups excluding carboxylic acids is 1. The molecular weight excluding hydrogens is 466 g/mol. The molecule has 0 radical (unpaired) electrons. The molecule has 3 N–H and O–H groups in total. The van der Waals surface area contributed by atoms with Gasteiger partial charge in [-0.05, 0) is 55.0 Å². The van der Waals surface area contributed by atoms with E-state index in [-0.39, 0.29) is 11.5 Å². The lowest BCUT2D eigenvalue weighted by Gasteiger charge is -2.40. The average molecular weight is 502 g/mol. The van der Waals surface area contributed by atoms with Gasteiger partial charge in [-0.25, -0.2) is 9.48 Å². The number of piperidine rings is 1. The highest BCUT2D eigenvalue weighted by molar-refractivity contribution is 5.90. The van der Waals surface area contributed by atoms with Gasteiger partial charge in [-0.2, -0.15) is 0 Å². The van der Waals surface area contributed by atoms with Gasteiger partial charge in [0, 0.05) is 19.0 Å². The summed E-state index contributed by atoms with van der Waals surface area (Å²) in [7, 11) is 0. The number of carbonyl (C=O) groups is 1. The van der Waals surface area contributed by atoms with Gasteiger partial charge in [0.2, 0.25) is 5.88 Å². The zero-order chi connectivity index (χ0) is 25.7. The number of hydrogen-bond donors (Lipinski definition) is 3. The molecule has 37 heavy (non-hydrogen) atoms. The number of aliphatic hydroxyl groups excluding tert-OH is 1. The first kappa shape index (κ1) is 24.0. The molecule has 2 amide bonds. The van der Waals surface area contributed by atoms with Crippen molar-refractivity contribution in [3.8, 4) is 11.6 Å². The zero-order valence-corrected chi connectivity index (χ0v) is 21.6. The molecule has 2 fully saturated rings. The van der Waals surface area contributed by atoms with E-state index in [2.05, 4.69) is 35.4 Å². The Balaban J connectivity index is 1.27. The Morgan fingerprint density at radius 3 is 2.59 bits per heavy atom. The van der Waals surface area contributed by atoms with Gasteiger partial charge in [0.15, 0.2) is 0 Å². The summed E-state index contributed by atoms with van der Waals surface area (Å²) in [4.78, 5) is 15.8. The van der Waals surface area contributed by atoms with Gasteiger partial charge in [-0.15, -0.1) is 5.10 Å². The van der Waals surface area contributed by atoms with Crippen molar-refractivity contribution in [2.24, 2.45) is 5.92 Å². The highest BCUT2D eigenvalue weighted by atomic mass is 16.5. The fourth-order valence-corrected chi connectivity index (χ4v) is 6.30. The van der Waals surface area contributed by atoms with Crippen molar-refractivity contribution in [3.63, 3.8) is 0 Å². The first-order valence-electron chi connectivity index (χ1n) is 13.2. The van der Waals surface area contributed by atoms with Crippen LogP contribution >= 0.6 is 0 Å². The fourth-order valence-electron chi connectivity index (χ4n) is 6.30. The Hall–Kier alpha value is -3.36. The minimum atomic E-state index is -0.692. The van der Waals surface area contributed by atoms with Crippen LogP contribution in [0.4, 0.5) is 10.6 Å². The number of aromatic nitrogens is 2. The van der Waals surface area contributed by atoms with E-state index >= 15 is 0 Å². The molecule has 8 nitrogen and oxygen atoms in total. The van der Waals surface area contributed by atoms with Crippen LogP contribution in [0.25, 0.3) is 5.69 Å². The summed E-state index contributed by atoms with van der Waals surface area (Å²) >= 11 is 0. The number of amides is 2. The van der Waals surface area contributed by atoms with Gasteiger partial charge in [-0.1, -0.05) is 56.3 Å². The number of nitrogens with zero attached hydrogens (tertiary/aromatic N) is 3. The maximum Gasteiger partial charge on any atom is 0.320 e. The predicted molar refractivity (Wildman–Crippen MR) is 142 cm³/mol. The Kier molecular flexibility index (Phi) is 5.96. The maximum atomic E-state index is 13.4. The highest BCUT2D eigenvalue weighted by Crippen LogP contribution is 2.42. The molecule has 6 rings (SSSR count). The Bertz CT molecular complexity index is 1300. The maximum absolute atomic E-state index is 13.4. The van der Waals surface area contributed by atoms with E-state index in [1.54, 1.807) is 4.68 Å². The van der Waals surface area contributed by atoms with Crippen molar-refractivity contribution >= 4 is 11.8 Å². The summed E-state index contributed by atoms with van der Waals surface area (Å²) in [5.41, 5.74) is 3.54. The molecule has 3 aromatic rings. The lowest BCUT2D eigenvalue weighted by atomic mass is 9.70. The van der Waals surface area contributed by atoms with Crippen LogP contribution in [0.5, 0.6) is 5.88 Å². The molecule has 194 valence electrons. The van der Waals surface area contributed by atoms with Crippen molar-refractivity contribution in [2.45, 2.75) is 57.3 Å². The minimum Gasteiger partial charge on any atom is -0.471 e. The number of hydrogen-bond acceptors (Lipinski definition) is 5. The van der Waals surface area contributed by atoms with Crippen molar-refractivity contribution < 1.29 is 14.6 Å². The highest BCUT2D eigenvalue weighted by Gasteiger charge is 2.41. The van der Waals surface area contributed by atoms with Crippen LogP contribution in [0.3, 0.4) is 0 Å². The second-order valence-corrected chi connectivity index (χ2v) is 11.3. The van der Waals surface area contributed by atoms with Gasteiger partial charge in [0.25, 0.3) is 0 Å². The van der Waals surface area contributed by atoms with Crippen molar-refractivity contribution in [1.29, 1.82) is 0 Å². The summed E-state index contributed by atoms with van der Waals surface area (Å²) in [6.45, 7) is 9.32. The number of nitrogens with one attached hydrogen (secondary N) is 2. The summed E-state index contributed by atoms with van der Waals surface area (Å²) in [5.74, 6) is 1.63. The molecule has 0 spiro atoms. The molecule has 2 saturated heterocycles. The third-order valence-corrected chi connectivity index (χ3v) is 8.26. The number of urea groups is 1. The summed E-state index contributed by atoms with van der Waals surface area (Å²) < 4.78 is 8.14. The van der Waals surface area contributed by atoms with Crippen molar-refractivity contribution in [3.05, 3.63) is 71.3 Å². The lowest BCUT2D eigenvalue weighted by Crippen LogP contribution is -2.45. The summed E-state index contributed by atoms with van der Waals surface area (Å²) in [6.07, 6.45) is 1.14. The number of benzene rings is 2. The summed E-state index contributed by atoms with van der Waals surface area (Å²) in [6, 6.07) is 16.9. The van der Waals surface area contributed by atoms with Crippen LogP contribution in [0.15, 0.2) is 54.6 Å². The van der Waals surface area contributed by atoms with Gasteiger partial charge in [-0.3, -0.25) is 10.2 Å². The molecule has 3 aliphatic rings. The number of fused-ring (bicyclic) bond motifs is 3. The smallest absolute Gasteiger partial charge is 0.320 e. The van der Waals surface area contributed by atoms with E-state index < -0.39 is 18.2 Å². The first-order chi connectivity index (χ1) is 17.8. The Morgan fingerprint density at radius 1 is 1.11 bits per heavy atom. The quantitative estimate of drug-likeness (QED) is 0.488. The number of rotatable bonds is 5. The lowest BCUT2D eigenvalue weighted by molar-refractivity contribution is 0.0883. The molecule has 0 saturated carbocycles. The van der Waals surface area contributed by atoms with Gasteiger partial charge in [0.05, 0.1) is 23.4 Å². The SMILES string of the molecule is Cc1c(OC2CN3CCC2C3)nn(-c2ccccc2)c1NC(=O)N[C@@H]1c2ccccc2C(C)(C)C[C@H]1O. The van der Waals surface area contributed by atoms with Crippen LogP contribution in [-0.2, 0) is 5.41 Å². The third kappa shape index (κ3) is 4.38. The van der Waals surface area contributed by atoms with Crippen LogP contribution in [0, 0.1) is 12.8 Å². The molecule has 5 atom stereocenters. The normalized spacial score (nSPS) is 27.5. The average Bonchev–Trinajstić information content (AvgIpc) is 3.58. The van der Waals surface area contributed by atoms with E-state index in [1.165, 1.54) is 0 Å². The number of ether oxygens (including phenoxy) is 1. The van der Waals surface area contributed by atoms with Gasteiger partial charge >= 0.3 is 6.03 Å². The molecule has 2 aromatic carbocycles. The van der Waals surface area contributed by atoms with E-state index in [9.17, 15) is 9.90 Å². The van der Waals surface area contributed by atoms with Crippen LogP contribution in [0.1, 0.15) is 49.4 Å². The van der Waals surface area contributed by atoms with E-state index in [4.69, 9.17) is 9.84 Å². The molecule has 3 heterocycles. The standard InChI is InChI=1S/C29H35N5O3/c1-18-26(31-28(36)30-25-21-11-7-8-12-22(21)29(2,3)15-23(25)35)34(20-9-5-4-6-10-20)32-27(18)37-24-17-33-14-13-19(24)16-33/h4-12,19,23-25,35H,13-17H2,1-3H3,(H2,30,31,36)/t19?,23-,24?,25-/m1/s1. The molecular formula is C29H35N5O3. The van der Waals surface area contributed by atoms with E-state index in [1.807, 2.05) is 55.5 Å². The van der Waals surface area contributed by atoms with Gasteiger partial charge < -0.3 is 15.2 Å². The van der Waals surface area contributed by atoms with Crippen LogP contribution < -0.4 is 15.4 Å². The number of anilines is 1. The second-order valence-electron chi connectivity index (χ2n) is 11.3. The largest absolute Gasteiger partial charge is 0.471 e. The Morgan fingerprint density at radius 2 is 1.86 bits per heavy atom. The molecule has 1 aliphatic carbocycles. The molecule has 2 bridgehead atoms. The van der Waals surface area contributed by atoms with E-state index in [0.29, 0.717) is 24.0 Å². The molecule has 8 heteroatoms. The number of para-hydroxylation sites is 1. The zero-order valence-electron chi connectivity index (χ0n) is 21.6. The fraction of sp³-hybridized carbons (Fsp3) is 0.448. The number of aliphatic hydroxyl groups is 1. The minimum absolute atomic E-state index is 0.116. The van der Waals surface area contributed by atoms with E-state index in [0.717, 1.165) is 48.4 Å². The molecule has 2 aliphatic heterocycles. The third-order valence-electron chi connectivity index (χ3n) is 8.26. The summed E-state index contributed by atoms with van der Waals surface area (Å²) in [5, 5.41) is 21.8. The van der Waals surface area contributed by atoms with Gasteiger partial charge in [0.1, 0.15) is 11.9 Å². The predicted octanol–water partition coefficient (Wildman–Crippen LogP) is 4.17. The Labute approximate surface area is 217 Å². The topological polar surface area (TPSA) is 91.7 Å². The van der Waals surface area contributed by atoms with Crippen molar-refractivity contribution in [1.82, 2.24) is 20.0 Å². The second kappa shape index (κ2) is 9.19.